The van der Waals surface area contributed by atoms with Crippen LogP contribution in [0.2, 0.25) is 15.1 Å². The second kappa shape index (κ2) is 16.2. The molecule has 1 aliphatic heterocycles. The zero-order valence-corrected chi connectivity index (χ0v) is 28.0. The van der Waals surface area contributed by atoms with Crippen LogP contribution >= 0.6 is 46.1 Å². The maximum absolute atomic E-state index is 14.0. The number of anilines is 1. The van der Waals surface area contributed by atoms with E-state index >= 15 is 0 Å². The molecule has 1 fully saturated rings. The summed E-state index contributed by atoms with van der Waals surface area (Å²) in [6, 6.07) is 10.6. The molecule has 0 unspecified atom stereocenters. The lowest BCUT2D eigenvalue weighted by Crippen LogP contribution is -2.65. The van der Waals surface area contributed by atoms with Crippen LogP contribution in [0.5, 0.6) is 0 Å². The van der Waals surface area contributed by atoms with Gasteiger partial charge in [0.05, 0.1) is 12.1 Å². The highest BCUT2D eigenvalue weighted by Crippen LogP contribution is 2.27. The number of hydrogen-bond acceptors (Lipinski definition) is 8. The number of benzene rings is 2. The maximum atomic E-state index is 14.0. The molecule has 9 nitrogen and oxygen atoms in total. The number of nitrogens with zero attached hydrogens (tertiary/aromatic N) is 4. The molecule has 238 valence electrons. The molecule has 1 aliphatic rings. The van der Waals surface area contributed by atoms with Gasteiger partial charge in [-0.2, -0.15) is 0 Å². The smallest absolute Gasteiger partial charge is 0.240 e. The molecule has 5 N–H and O–H groups in total. The van der Waals surface area contributed by atoms with Crippen molar-refractivity contribution in [3.63, 3.8) is 0 Å². The summed E-state index contributed by atoms with van der Waals surface area (Å²) in [5, 5.41) is 13.5. The topological polar surface area (TPSA) is 130 Å². The number of aromatic nitrogens is 2. The maximum Gasteiger partial charge on any atom is 0.240 e. The summed E-state index contributed by atoms with van der Waals surface area (Å²) in [7, 11) is 0. The van der Waals surface area contributed by atoms with Gasteiger partial charge in [0.15, 0.2) is 0 Å². The van der Waals surface area contributed by atoms with Gasteiger partial charge in [-0.15, -0.1) is 10.2 Å². The van der Waals surface area contributed by atoms with Gasteiger partial charge in [-0.25, -0.2) is 0 Å². The van der Waals surface area contributed by atoms with E-state index in [1.807, 2.05) is 28.0 Å². The molecule has 0 bridgehead atoms. The van der Waals surface area contributed by atoms with Crippen molar-refractivity contribution in [2.24, 2.45) is 17.4 Å². The zero-order chi connectivity index (χ0) is 31.8. The van der Waals surface area contributed by atoms with Crippen LogP contribution in [0.15, 0.2) is 48.0 Å². The van der Waals surface area contributed by atoms with Crippen molar-refractivity contribution in [1.82, 2.24) is 20.0 Å². The predicted molar refractivity (Wildman–Crippen MR) is 179 cm³/mol. The Hall–Kier alpha value is -2.47. The van der Waals surface area contributed by atoms with E-state index in [0.717, 1.165) is 29.1 Å². The first-order valence-corrected chi connectivity index (χ1v) is 16.8. The van der Waals surface area contributed by atoms with Gasteiger partial charge >= 0.3 is 0 Å². The summed E-state index contributed by atoms with van der Waals surface area (Å²) in [6.45, 7) is 5.61. The van der Waals surface area contributed by atoms with E-state index < -0.39 is 12.1 Å². The van der Waals surface area contributed by atoms with E-state index in [0.29, 0.717) is 53.5 Å². The van der Waals surface area contributed by atoms with Crippen molar-refractivity contribution in [2.75, 3.05) is 25.0 Å². The molecule has 3 aromatic rings. The molecular weight excluding hydrogens is 641 g/mol. The van der Waals surface area contributed by atoms with Crippen molar-refractivity contribution in [2.45, 2.75) is 70.1 Å². The Kier molecular flexibility index (Phi) is 12.7. The third-order valence-corrected chi connectivity index (χ3v) is 9.45. The van der Waals surface area contributed by atoms with Gasteiger partial charge in [0.2, 0.25) is 16.9 Å². The van der Waals surface area contributed by atoms with Crippen molar-refractivity contribution < 1.29 is 9.59 Å². The van der Waals surface area contributed by atoms with Gasteiger partial charge in [-0.3, -0.25) is 9.59 Å². The molecule has 0 saturated carbocycles. The first-order chi connectivity index (χ1) is 21.0. The number of nitrogens with two attached hydrogens (primary N) is 2. The quantitative estimate of drug-likeness (QED) is 0.209. The highest BCUT2D eigenvalue weighted by molar-refractivity contribution is 7.13. The SMILES string of the molecule is CC(C)C[C@@H]1CN(C(=O)[C@H](N)Cc2ccc(Cl)cc2Cl)[C@@H](CCCNc2nncs2)CN1C(=O)[C@@H](N)Cc1ccccc1Cl. The first-order valence-electron chi connectivity index (χ1n) is 14.8. The van der Waals surface area contributed by atoms with E-state index in [1.165, 1.54) is 11.3 Å². The number of carbonyl (C=O) groups is 2. The van der Waals surface area contributed by atoms with Crippen LogP contribution in [0.4, 0.5) is 5.13 Å². The average Bonchev–Trinajstić information content (AvgIpc) is 3.51. The van der Waals surface area contributed by atoms with E-state index in [-0.39, 0.29) is 30.3 Å². The lowest BCUT2D eigenvalue weighted by molar-refractivity contribution is -0.149. The van der Waals surface area contributed by atoms with Crippen molar-refractivity contribution in [1.29, 1.82) is 0 Å². The summed E-state index contributed by atoms with van der Waals surface area (Å²) in [5.74, 6) is -0.0162. The normalized spacial score (nSPS) is 18.4. The fourth-order valence-corrected chi connectivity index (χ4v) is 6.86. The third kappa shape index (κ3) is 9.28. The second-order valence-corrected chi connectivity index (χ2v) is 13.8. The van der Waals surface area contributed by atoms with Crippen molar-refractivity contribution in [3.05, 3.63) is 74.2 Å². The predicted octanol–water partition coefficient (Wildman–Crippen LogP) is 5.28. The lowest BCUT2D eigenvalue weighted by atomic mass is 9.93. The fourth-order valence-electron chi connectivity index (χ4n) is 5.69. The summed E-state index contributed by atoms with van der Waals surface area (Å²) in [4.78, 5) is 31.7. The molecule has 4 atom stereocenters. The number of nitrogens with one attached hydrogen (secondary N) is 1. The Balaban J connectivity index is 1.54. The Labute approximate surface area is 278 Å². The molecule has 0 spiro atoms. The highest BCUT2D eigenvalue weighted by Gasteiger charge is 2.41. The Morgan fingerprint density at radius 1 is 0.955 bits per heavy atom. The number of hydrogen-bond donors (Lipinski definition) is 3. The van der Waals surface area contributed by atoms with Crippen molar-refractivity contribution in [3.8, 4) is 0 Å². The lowest BCUT2D eigenvalue weighted by Gasteiger charge is -2.48. The summed E-state index contributed by atoms with van der Waals surface area (Å²) < 4.78 is 0. The molecule has 2 aromatic carbocycles. The summed E-state index contributed by atoms with van der Waals surface area (Å²) in [6.07, 6.45) is 2.72. The minimum Gasteiger partial charge on any atom is -0.360 e. The average molecular weight is 681 g/mol. The highest BCUT2D eigenvalue weighted by atomic mass is 35.5. The molecule has 1 aromatic heterocycles. The number of halogens is 3. The Morgan fingerprint density at radius 2 is 1.59 bits per heavy atom. The number of piperazine rings is 1. The van der Waals surface area contributed by atoms with Gasteiger partial charge in [0, 0.05) is 46.8 Å². The van der Waals surface area contributed by atoms with Crippen LogP contribution in [0.25, 0.3) is 0 Å². The van der Waals surface area contributed by atoms with Gasteiger partial charge in [-0.1, -0.05) is 84.3 Å². The number of rotatable bonds is 13. The molecule has 13 heteroatoms. The standard InChI is InChI=1S/C31H40Cl3N7O2S/c1-19(2)12-24-17-40(29(42)28(36)14-21-9-10-22(32)15-26(21)34)23(7-5-11-37-31-39-38-18-44-31)16-41(24)30(43)27(35)13-20-6-3-4-8-25(20)33/h3-4,6,8-10,15,18-19,23-24,27-28H,5,7,11-14,16-17,35-36H2,1-2H3,(H,37,39)/t23-,24+,27-,28+/m0/s1. The van der Waals surface area contributed by atoms with E-state index in [4.69, 9.17) is 46.3 Å². The van der Waals surface area contributed by atoms with Crippen molar-refractivity contribution >= 4 is 63.1 Å². The molecular formula is C31H40Cl3N7O2S. The monoisotopic (exact) mass is 679 g/mol. The van der Waals surface area contributed by atoms with E-state index in [9.17, 15) is 9.59 Å². The van der Waals surface area contributed by atoms with Crippen LogP contribution < -0.4 is 16.8 Å². The minimum atomic E-state index is -0.805. The first kappa shape index (κ1) is 34.4. The molecule has 4 rings (SSSR count). The zero-order valence-electron chi connectivity index (χ0n) is 25.0. The largest absolute Gasteiger partial charge is 0.360 e. The molecule has 0 aliphatic carbocycles. The van der Waals surface area contributed by atoms with Crippen LogP contribution in [-0.2, 0) is 22.4 Å². The Morgan fingerprint density at radius 3 is 2.20 bits per heavy atom. The fraction of sp³-hybridized carbons (Fsp3) is 0.484. The van der Waals surface area contributed by atoms with E-state index in [2.05, 4.69) is 29.4 Å². The van der Waals surface area contributed by atoms with Crippen LogP contribution in [0.3, 0.4) is 0 Å². The second-order valence-electron chi connectivity index (χ2n) is 11.7. The third-order valence-electron chi connectivity index (χ3n) is 7.84. The minimum absolute atomic E-state index is 0.142. The van der Waals surface area contributed by atoms with Crippen LogP contribution in [0, 0.1) is 5.92 Å². The number of amides is 2. The molecule has 2 amide bonds. The van der Waals surface area contributed by atoms with Gasteiger partial charge in [-0.05, 0) is 67.3 Å². The van der Waals surface area contributed by atoms with Gasteiger partial charge in [0.1, 0.15) is 5.51 Å². The van der Waals surface area contributed by atoms with E-state index in [1.54, 1.807) is 29.8 Å². The molecule has 2 heterocycles. The van der Waals surface area contributed by atoms with Gasteiger partial charge in [0.25, 0.3) is 0 Å². The van der Waals surface area contributed by atoms with Gasteiger partial charge < -0.3 is 26.6 Å². The van der Waals surface area contributed by atoms with Crippen LogP contribution in [-0.4, -0.2) is 75.6 Å². The summed E-state index contributed by atoms with van der Waals surface area (Å²) >= 11 is 20.3. The van der Waals surface area contributed by atoms with Crippen LogP contribution in [0.1, 0.15) is 44.2 Å². The molecule has 1 saturated heterocycles. The number of carbonyl (C=O) groups excluding carboxylic acids is 2. The summed E-state index contributed by atoms with van der Waals surface area (Å²) in [5.41, 5.74) is 16.3. The molecule has 0 radical (unpaired) electrons. The Bertz CT molecular complexity index is 1390. The molecule has 44 heavy (non-hydrogen) atoms.